The molecule has 0 unspecified atom stereocenters. The van der Waals surface area contributed by atoms with E-state index in [1.54, 1.807) is 45.0 Å². The third kappa shape index (κ3) is 5.39. The van der Waals surface area contributed by atoms with Gasteiger partial charge in [0.15, 0.2) is 5.75 Å². The molecule has 0 saturated heterocycles. The SMILES string of the molecule is CC(C)(C)N(C(=O)O)c1cccc(Oc2cc(F)cc(Nc3ccc(I)cc3F)c2N)c1. The van der Waals surface area contributed by atoms with Crippen molar-refractivity contribution < 1.29 is 23.4 Å². The fourth-order valence-electron chi connectivity index (χ4n) is 3.11. The number of hydrogen-bond donors (Lipinski definition) is 3. The average Bonchev–Trinajstić information content (AvgIpc) is 2.66. The number of hydrogen-bond acceptors (Lipinski definition) is 4. The summed E-state index contributed by atoms with van der Waals surface area (Å²) in [4.78, 5) is 13.0. The van der Waals surface area contributed by atoms with Crippen LogP contribution in [0.15, 0.2) is 54.6 Å². The zero-order valence-electron chi connectivity index (χ0n) is 17.6. The summed E-state index contributed by atoms with van der Waals surface area (Å²) in [6.45, 7) is 5.29. The molecule has 9 heteroatoms. The number of carbonyl (C=O) groups is 1. The van der Waals surface area contributed by atoms with Crippen LogP contribution in [-0.4, -0.2) is 16.7 Å². The zero-order chi connectivity index (χ0) is 23.6. The van der Waals surface area contributed by atoms with Gasteiger partial charge in [-0.1, -0.05) is 6.07 Å². The Hall–Kier alpha value is -3.08. The summed E-state index contributed by atoms with van der Waals surface area (Å²) in [7, 11) is 0. The molecule has 0 heterocycles. The van der Waals surface area contributed by atoms with Gasteiger partial charge in [0.1, 0.15) is 17.4 Å². The molecule has 0 radical (unpaired) electrons. The van der Waals surface area contributed by atoms with Crippen LogP contribution in [0.4, 0.5) is 36.3 Å². The monoisotopic (exact) mass is 553 g/mol. The number of halogens is 3. The van der Waals surface area contributed by atoms with Crippen molar-refractivity contribution in [2.75, 3.05) is 16.0 Å². The Balaban J connectivity index is 1.94. The third-order valence-corrected chi connectivity index (χ3v) is 5.14. The van der Waals surface area contributed by atoms with Gasteiger partial charge in [-0.25, -0.2) is 13.6 Å². The van der Waals surface area contributed by atoms with E-state index in [-0.39, 0.29) is 28.6 Å². The van der Waals surface area contributed by atoms with Crippen molar-refractivity contribution in [3.8, 4) is 11.5 Å². The Kier molecular flexibility index (Phi) is 6.77. The molecule has 32 heavy (non-hydrogen) atoms. The normalized spacial score (nSPS) is 11.2. The third-order valence-electron chi connectivity index (χ3n) is 4.47. The minimum Gasteiger partial charge on any atom is -0.465 e. The summed E-state index contributed by atoms with van der Waals surface area (Å²) < 4.78 is 35.0. The molecule has 0 aliphatic rings. The van der Waals surface area contributed by atoms with Crippen molar-refractivity contribution in [2.45, 2.75) is 26.3 Å². The number of anilines is 4. The number of nitrogens with zero attached hydrogens (tertiary/aromatic N) is 1. The lowest BCUT2D eigenvalue weighted by Crippen LogP contribution is -2.45. The number of nitrogens with one attached hydrogen (secondary N) is 1. The van der Waals surface area contributed by atoms with Crippen molar-refractivity contribution in [3.05, 3.63) is 69.8 Å². The van der Waals surface area contributed by atoms with Crippen molar-refractivity contribution in [1.82, 2.24) is 0 Å². The van der Waals surface area contributed by atoms with E-state index in [2.05, 4.69) is 5.32 Å². The first-order valence-corrected chi connectivity index (χ1v) is 10.7. The molecule has 1 amide bonds. The van der Waals surface area contributed by atoms with Crippen molar-refractivity contribution >= 4 is 51.4 Å². The zero-order valence-corrected chi connectivity index (χ0v) is 19.8. The minimum absolute atomic E-state index is 0.00760. The number of nitrogen functional groups attached to an aromatic ring is 1. The standard InChI is InChI=1S/C23H22F2IN3O3/c1-23(2,3)29(22(30)31)15-5-4-6-16(12-15)32-20-10-13(24)9-19(21(20)27)28-18-8-7-14(26)11-17(18)25/h4-12,28H,27H2,1-3H3,(H,30,31). The van der Waals surface area contributed by atoms with Crippen LogP contribution in [0.3, 0.4) is 0 Å². The van der Waals surface area contributed by atoms with E-state index in [1.807, 2.05) is 22.6 Å². The summed E-state index contributed by atoms with van der Waals surface area (Å²) in [6, 6.07) is 13.2. The number of nitrogens with two attached hydrogens (primary N) is 1. The fourth-order valence-corrected chi connectivity index (χ4v) is 3.57. The van der Waals surface area contributed by atoms with E-state index >= 15 is 0 Å². The van der Waals surface area contributed by atoms with E-state index in [0.717, 1.165) is 12.1 Å². The van der Waals surface area contributed by atoms with Gasteiger partial charge in [0.2, 0.25) is 0 Å². The Morgan fingerprint density at radius 1 is 1.09 bits per heavy atom. The van der Waals surface area contributed by atoms with Gasteiger partial charge in [-0.2, -0.15) is 0 Å². The van der Waals surface area contributed by atoms with E-state index in [0.29, 0.717) is 9.26 Å². The maximum atomic E-state index is 14.3. The Morgan fingerprint density at radius 2 is 1.81 bits per heavy atom. The second-order valence-electron chi connectivity index (χ2n) is 8.00. The smallest absolute Gasteiger partial charge is 0.412 e. The largest absolute Gasteiger partial charge is 0.465 e. The predicted octanol–water partition coefficient (Wildman–Crippen LogP) is 6.97. The lowest BCUT2D eigenvalue weighted by Gasteiger charge is -2.33. The lowest BCUT2D eigenvalue weighted by molar-refractivity contribution is 0.195. The van der Waals surface area contributed by atoms with Crippen LogP contribution in [0.2, 0.25) is 0 Å². The highest BCUT2D eigenvalue weighted by Crippen LogP contribution is 2.37. The first-order chi connectivity index (χ1) is 15.0. The van der Waals surface area contributed by atoms with Crippen LogP contribution in [0.5, 0.6) is 11.5 Å². The van der Waals surface area contributed by atoms with Gasteiger partial charge in [0.05, 0.1) is 22.7 Å². The first-order valence-electron chi connectivity index (χ1n) is 9.58. The van der Waals surface area contributed by atoms with Crippen molar-refractivity contribution in [3.63, 3.8) is 0 Å². The van der Waals surface area contributed by atoms with Crippen molar-refractivity contribution in [2.24, 2.45) is 0 Å². The summed E-state index contributed by atoms with van der Waals surface area (Å²) in [6.07, 6.45) is -1.12. The number of rotatable bonds is 5. The second kappa shape index (κ2) is 9.19. The Morgan fingerprint density at radius 3 is 2.44 bits per heavy atom. The maximum Gasteiger partial charge on any atom is 0.412 e. The van der Waals surface area contributed by atoms with Crippen LogP contribution in [0, 0.1) is 15.2 Å². The number of amides is 1. The summed E-state index contributed by atoms with van der Waals surface area (Å²) in [5.74, 6) is -0.873. The molecule has 0 spiro atoms. The first kappa shape index (κ1) is 23.6. The molecular weight excluding hydrogens is 531 g/mol. The summed E-state index contributed by atoms with van der Waals surface area (Å²) in [5, 5.41) is 12.4. The topological polar surface area (TPSA) is 87.8 Å². The van der Waals surface area contributed by atoms with Gasteiger partial charge in [-0.05, 0) is 79.8 Å². The molecule has 0 bridgehead atoms. The fraction of sp³-hybridized carbons (Fsp3) is 0.174. The molecule has 0 atom stereocenters. The quantitative estimate of drug-likeness (QED) is 0.235. The number of ether oxygens (including phenoxy) is 1. The molecular formula is C23H22F2IN3O3. The molecule has 168 valence electrons. The van der Waals surface area contributed by atoms with E-state index in [1.165, 1.54) is 23.1 Å². The Bertz CT molecular complexity index is 1170. The highest BCUT2D eigenvalue weighted by atomic mass is 127. The molecule has 0 aliphatic heterocycles. The second-order valence-corrected chi connectivity index (χ2v) is 9.25. The molecule has 0 saturated carbocycles. The van der Waals surface area contributed by atoms with Crippen molar-refractivity contribution in [1.29, 1.82) is 0 Å². The van der Waals surface area contributed by atoms with Gasteiger partial charge >= 0.3 is 6.09 Å². The number of carboxylic acid groups (broad SMARTS) is 1. The van der Waals surface area contributed by atoms with Crippen LogP contribution in [-0.2, 0) is 0 Å². The molecule has 0 fully saturated rings. The molecule has 3 aromatic carbocycles. The summed E-state index contributed by atoms with van der Waals surface area (Å²) >= 11 is 1.99. The van der Waals surface area contributed by atoms with E-state index in [4.69, 9.17) is 10.5 Å². The van der Waals surface area contributed by atoms with Gasteiger partial charge in [0, 0.05) is 21.2 Å². The predicted molar refractivity (Wildman–Crippen MR) is 130 cm³/mol. The van der Waals surface area contributed by atoms with E-state index < -0.39 is 23.3 Å². The Labute approximate surface area is 198 Å². The lowest BCUT2D eigenvalue weighted by atomic mass is 10.1. The van der Waals surface area contributed by atoms with E-state index in [9.17, 15) is 18.7 Å². The van der Waals surface area contributed by atoms with Crippen LogP contribution < -0.4 is 20.7 Å². The molecule has 4 N–H and O–H groups in total. The van der Waals surface area contributed by atoms with Gasteiger partial charge < -0.3 is 20.9 Å². The molecule has 3 aromatic rings. The van der Waals surface area contributed by atoms with Gasteiger partial charge in [-0.15, -0.1) is 0 Å². The van der Waals surface area contributed by atoms with Crippen LogP contribution in [0.1, 0.15) is 20.8 Å². The van der Waals surface area contributed by atoms with Crippen LogP contribution >= 0.6 is 22.6 Å². The maximum absolute atomic E-state index is 14.3. The van der Waals surface area contributed by atoms with Crippen LogP contribution in [0.25, 0.3) is 0 Å². The molecule has 0 aromatic heterocycles. The molecule has 3 rings (SSSR count). The highest BCUT2D eigenvalue weighted by molar-refractivity contribution is 14.1. The van der Waals surface area contributed by atoms with Gasteiger partial charge in [-0.3, -0.25) is 4.90 Å². The molecule has 6 nitrogen and oxygen atoms in total. The highest BCUT2D eigenvalue weighted by Gasteiger charge is 2.28. The summed E-state index contributed by atoms with van der Waals surface area (Å²) in [5.41, 5.74) is 6.19. The minimum atomic E-state index is -1.12. The number of benzene rings is 3. The molecule has 0 aliphatic carbocycles. The average molecular weight is 553 g/mol. The van der Waals surface area contributed by atoms with Gasteiger partial charge in [0.25, 0.3) is 0 Å².